The standard InChI is InChI=1S/C13H18BrF2NOS/c1-3-19-8-9(2)17-7-10-6-11(14)4-5-12(10)18-13(15)16/h4-6,9,13,17H,3,7-8H2,1-2H3. The molecule has 0 amide bonds. The minimum atomic E-state index is -2.80. The van der Waals surface area contributed by atoms with E-state index in [1.165, 1.54) is 0 Å². The summed E-state index contributed by atoms with van der Waals surface area (Å²) in [4.78, 5) is 0. The molecule has 0 saturated carbocycles. The summed E-state index contributed by atoms with van der Waals surface area (Å²) in [6, 6.07) is 5.36. The van der Waals surface area contributed by atoms with Crippen molar-refractivity contribution in [1.82, 2.24) is 5.32 Å². The summed E-state index contributed by atoms with van der Waals surface area (Å²) < 4.78 is 30.0. The number of rotatable bonds is 8. The van der Waals surface area contributed by atoms with Crippen LogP contribution < -0.4 is 10.1 Å². The second-order valence-electron chi connectivity index (χ2n) is 4.07. The third-order valence-electron chi connectivity index (χ3n) is 2.45. The van der Waals surface area contributed by atoms with E-state index >= 15 is 0 Å². The molecule has 1 rings (SSSR count). The fraction of sp³-hybridized carbons (Fsp3) is 0.538. The Morgan fingerprint density at radius 3 is 2.79 bits per heavy atom. The van der Waals surface area contributed by atoms with Crippen LogP contribution in [0.4, 0.5) is 8.78 Å². The Kier molecular flexibility index (Phi) is 7.71. The van der Waals surface area contributed by atoms with Gasteiger partial charge in [0.25, 0.3) is 0 Å². The Labute approximate surface area is 125 Å². The molecule has 1 unspecified atom stereocenters. The van der Waals surface area contributed by atoms with E-state index in [4.69, 9.17) is 0 Å². The van der Waals surface area contributed by atoms with E-state index in [-0.39, 0.29) is 5.75 Å². The average Bonchev–Trinajstić information content (AvgIpc) is 2.36. The fourth-order valence-electron chi connectivity index (χ4n) is 1.53. The number of alkyl halides is 2. The van der Waals surface area contributed by atoms with Crippen molar-refractivity contribution >= 4 is 27.7 Å². The zero-order valence-electron chi connectivity index (χ0n) is 11.0. The zero-order chi connectivity index (χ0) is 14.3. The second kappa shape index (κ2) is 8.76. The smallest absolute Gasteiger partial charge is 0.387 e. The first-order valence-electron chi connectivity index (χ1n) is 6.07. The van der Waals surface area contributed by atoms with Gasteiger partial charge in [0.15, 0.2) is 0 Å². The first-order valence-corrected chi connectivity index (χ1v) is 8.02. The van der Waals surface area contributed by atoms with Gasteiger partial charge < -0.3 is 10.1 Å². The van der Waals surface area contributed by atoms with Gasteiger partial charge in [0.1, 0.15) is 5.75 Å². The molecule has 0 fully saturated rings. The normalized spacial score (nSPS) is 12.7. The lowest BCUT2D eigenvalue weighted by Crippen LogP contribution is -2.28. The molecule has 0 aliphatic heterocycles. The maximum atomic E-state index is 12.3. The van der Waals surface area contributed by atoms with Crippen LogP contribution in [0, 0.1) is 0 Å². The van der Waals surface area contributed by atoms with Crippen molar-refractivity contribution in [3.05, 3.63) is 28.2 Å². The molecule has 0 bridgehead atoms. The third kappa shape index (κ3) is 6.58. The largest absolute Gasteiger partial charge is 0.434 e. The molecule has 0 aliphatic rings. The predicted molar refractivity (Wildman–Crippen MR) is 80.1 cm³/mol. The van der Waals surface area contributed by atoms with Gasteiger partial charge in [-0.1, -0.05) is 22.9 Å². The summed E-state index contributed by atoms with van der Waals surface area (Å²) in [5, 5.41) is 3.31. The van der Waals surface area contributed by atoms with Gasteiger partial charge in [-0.15, -0.1) is 0 Å². The fourth-order valence-corrected chi connectivity index (χ4v) is 2.65. The molecule has 0 heterocycles. The van der Waals surface area contributed by atoms with Crippen LogP contribution in [0.3, 0.4) is 0 Å². The first kappa shape index (κ1) is 16.7. The number of benzene rings is 1. The van der Waals surface area contributed by atoms with E-state index in [9.17, 15) is 8.78 Å². The number of hydrogen-bond donors (Lipinski definition) is 1. The van der Waals surface area contributed by atoms with E-state index in [0.29, 0.717) is 12.6 Å². The van der Waals surface area contributed by atoms with E-state index in [0.717, 1.165) is 21.5 Å². The molecule has 1 N–H and O–H groups in total. The quantitative estimate of drug-likeness (QED) is 0.753. The van der Waals surface area contributed by atoms with Crippen molar-refractivity contribution in [2.45, 2.75) is 33.0 Å². The highest BCUT2D eigenvalue weighted by molar-refractivity contribution is 9.10. The average molecular weight is 354 g/mol. The molecule has 2 nitrogen and oxygen atoms in total. The molecule has 108 valence electrons. The van der Waals surface area contributed by atoms with Crippen LogP contribution >= 0.6 is 27.7 Å². The highest BCUT2D eigenvalue weighted by Gasteiger charge is 2.11. The number of ether oxygens (including phenoxy) is 1. The van der Waals surface area contributed by atoms with Crippen LogP contribution in [-0.2, 0) is 6.54 Å². The van der Waals surface area contributed by atoms with Crippen LogP contribution in [0.2, 0.25) is 0 Å². The molecular formula is C13H18BrF2NOS. The summed E-state index contributed by atoms with van der Waals surface area (Å²) in [5.74, 6) is 2.29. The van der Waals surface area contributed by atoms with Crippen molar-refractivity contribution in [3.63, 3.8) is 0 Å². The molecular weight excluding hydrogens is 336 g/mol. The summed E-state index contributed by atoms with van der Waals surface area (Å²) >= 11 is 5.18. The van der Waals surface area contributed by atoms with Gasteiger partial charge in [-0.2, -0.15) is 20.5 Å². The van der Waals surface area contributed by atoms with Crippen LogP contribution in [0.1, 0.15) is 19.4 Å². The molecule has 0 aromatic heterocycles. The van der Waals surface area contributed by atoms with Crippen LogP contribution in [0.5, 0.6) is 5.75 Å². The highest BCUT2D eigenvalue weighted by Crippen LogP contribution is 2.24. The third-order valence-corrected chi connectivity index (χ3v) is 4.09. The topological polar surface area (TPSA) is 21.3 Å². The van der Waals surface area contributed by atoms with Crippen molar-refractivity contribution in [2.75, 3.05) is 11.5 Å². The highest BCUT2D eigenvalue weighted by atomic mass is 79.9. The molecule has 1 aromatic rings. The van der Waals surface area contributed by atoms with Crippen molar-refractivity contribution < 1.29 is 13.5 Å². The first-order chi connectivity index (χ1) is 9.02. The predicted octanol–water partition coefficient (Wildman–Crippen LogP) is 4.28. The maximum absolute atomic E-state index is 12.3. The molecule has 1 atom stereocenters. The van der Waals surface area contributed by atoms with Gasteiger partial charge in [0.2, 0.25) is 0 Å². The number of halogens is 3. The van der Waals surface area contributed by atoms with Gasteiger partial charge in [0.05, 0.1) is 0 Å². The van der Waals surface area contributed by atoms with Crippen molar-refractivity contribution in [2.24, 2.45) is 0 Å². The van der Waals surface area contributed by atoms with Crippen LogP contribution in [-0.4, -0.2) is 24.2 Å². The molecule has 0 saturated heterocycles. The Morgan fingerprint density at radius 2 is 2.16 bits per heavy atom. The second-order valence-corrected chi connectivity index (χ2v) is 6.31. The Morgan fingerprint density at radius 1 is 1.42 bits per heavy atom. The minimum absolute atomic E-state index is 0.223. The number of nitrogens with one attached hydrogen (secondary N) is 1. The minimum Gasteiger partial charge on any atom is -0.434 e. The SMILES string of the molecule is CCSCC(C)NCc1cc(Br)ccc1OC(F)F. The number of thioether (sulfide) groups is 1. The summed E-state index contributed by atoms with van der Waals surface area (Å²) in [6.45, 7) is 1.90. The Bertz CT molecular complexity index is 393. The summed E-state index contributed by atoms with van der Waals surface area (Å²) in [5.41, 5.74) is 0.725. The summed E-state index contributed by atoms with van der Waals surface area (Å²) in [6.07, 6.45) is 0. The molecule has 0 radical (unpaired) electrons. The lowest BCUT2D eigenvalue weighted by molar-refractivity contribution is -0.0505. The van der Waals surface area contributed by atoms with E-state index in [1.54, 1.807) is 18.2 Å². The molecule has 6 heteroatoms. The van der Waals surface area contributed by atoms with Gasteiger partial charge in [-0.3, -0.25) is 0 Å². The monoisotopic (exact) mass is 353 g/mol. The molecule has 0 aliphatic carbocycles. The van der Waals surface area contributed by atoms with Crippen LogP contribution in [0.25, 0.3) is 0 Å². The lowest BCUT2D eigenvalue weighted by Gasteiger charge is -2.16. The Hall–Kier alpha value is -0.330. The zero-order valence-corrected chi connectivity index (χ0v) is 13.4. The van der Waals surface area contributed by atoms with Gasteiger partial charge >= 0.3 is 6.61 Å². The molecule has 0 spiro atoms. The van der Waals surface area contributed by atoms with E-state index in [2.05, 4.69) is 39.8 Å². The van der Waals surface area contributed by atoms with Gasteiger partial charge in [0, 0.05) is 28.4 Å². The van der Waals surface area contributed by atoms with Gasteiger partial charge in [-0.25, -0.2) is 0 Å². The van der Waals surface area contributed by atoms with E-state index < -0.39 is 6.61 Å². The van der Waals surface area contributed by atoms with Crippen molar-refractivity contribution in [1.29, 1.82) is 0 Å². The van der Waals surface area contributed by atoms with Gasteiger partial charge in [-0.05, 0) is 30.9 Å². The lowest BCUT2D eigenvalue weighted by atomic mass is 10.2. The molecule has 19 heavy (non-hydrogen) atoms. The van der Waals surface area contributed by atoms with Crippen molar-refractivity contribution in [3.8, 4) is 5.75 Å². The van der Waals surface area contributed by atoms with E-state index in [1.807, 2.05) is 11.8 Å². The Balaban J connectivity index is 2.62. The maximum Gasteiger partial charge on any atom is 0.387 e. The summed E-state index contributed by atoms with van der Waals surface area (Å²) in [7, 11) is 0. The number of hydrogen-bond acceptors (Lipinski definition) is 3. The van der Waals surface area contributed by atoms with Crippen LogP contribution in [0.15, 0.2) is 22.7 Å². The molecule has 1 aromatic carbocycles.